The van der Waals surface area contributed by atoms with Crippen LogP contribution in [0.2, 0.25) is 0 Å². The fraction of sp³-hybridized carbons (Fsp3) is 0.923. The van der Waals surface area contributed by atoms with Crippen LogP contribution in [0.1, 0.15) is 32.1 Å². The predicted molar refractivity (Wildman–Crippen MR) is 64.6 cm³/mol. The van der Waals surface area contributed by atoms with Gasteiger partial charge in [-0.05, 0) is 38.0 Å². The summed E-state index contributed by atoms with van der Waals surface area (Å²) in [5, 5.41) is 6.58. The Morgan fingerprint density at radius 2 is 2.18 bits per heavy atom. The molecule has 3 aliphatic rings. The second-order valence-corrected chi connectivity index (χ2v) is 5.67. The van der Waals surface area contributed by atoms with Crippen LogP contribution in [-0.4, -0.2) is 37.7 Å². The zero-order chi connectivity index (χ0) is 11.7. The van der Waals surface area contributed by atoms with Crippen molar-refractivity contribution in [1.82, 2.24) is 10.6 Å². The molecule has 2 saturated carbocycles. The fourth-order valence-electron chi connectivity index (χ4n) is 2.96. The van der Waals surface area contributed by atoms with Gasteiger partial charge in [0, 0.05) is 25.0 Å². The number of morpholine rings is 1. The number of amides is 1. The minimum absolute atomic E-state index is 0.198. The van der Waals surface area contributed by atoms with Gasteiger partial charge < -0.3 is 15.4 Å². The molecular formula is C13H22N2O2. The predicted octanol–water partition coefficient (Wildman–Crippen LogP) is 0.670. The first-order valence-electron chi connectivity index (χ1n) is 6.95. The van der Waals surface area contributed by atoms with Crippen LogP contribution in [0, 0.1) is 11.8 Å². The van der Waals surface area contributed by atoms with E-state index in [9.17, 15) is 4.79 Å². The molecule has 1 aliphatic heterocycles. The summed E-state index contributed by atoms with van der Waals surface area (Å²) in [5.74, 6) is 1.23. The minimum Gasteiger partial charge on any atom is -0.375 e. The molecular weight excluding hydrogens is 216 g/mol. The Labute approximate surface area is 102 Å². The molecule has 0 bridgehead atoms. The third kappa shape index (κ3) is 2.80. The molecule has 0 spiro atoms. The third-order valence-electron chi connectivity index (χ3n) is 4.26. The number of ether oxygens (including phenoxy) is 1. The highest BCUT2D eigenvalue weighted by atomic mass is 16.5. The van der Waals surface area contributed by atoms with Crippen molar-refractivity contribution in [3.8, 4) is 0 Å². The maximum absolute atomic E-state index is 12.0. The van der Waals surface area contributed by atoms with E-state index in [1.165, 1.54) is 12.8 Å². The summed E-state index contributed by atoms with van der Waals surface area (Å²) in [4.78, 5) is 12.0. The van der Waals surface area contributed by atoms with Crippen LogP contribution in [0.5, 0.6) is 0 Å². The van der Waals surface area contributed by atoms with E-state index >= 15 is 0 Å². The van der Waals surface area contributed by atoms with Gasteiger partial charge in [0.1, 0.15) is 0 Å². The zero-order valence-corrected chi connectivity index (χ0v) is 10.3. The minimum atomic E-state index is 0.198. The number of hydrogen-bond acceptors (Lipinski definition) is 3. The summed E-state index contributed by atoms with van der Waals surface area (Å²) in [7, 11) is 0. The van der Waals surface area contributed by atoms with Gasteiger partial charge in [-0.25, -0.2) is 0 Å². The summed E-state index contributed by atoms with van der Waals surface area (Å²) in [6, 6.07) is 0.397. The molecule has 0 aromatic heterocycles. The highest BCUT2D eigenvalue weighted by molar-refractivity contribution is 5.78. The lowest BCUT2D eigenvalue weighted by Gasteiger charge is -2.39. The zero-order valence-electron chi connectivity index (χ0n) is 10.3. The summed E-state index contributed by atoms with van der Waals surface area (Å²) in [6.45, 7) is 2.64. The summed E-state index contributed by atoms with van der Waals surface area (Å²) < 4.78 is 5.72. The van der Waals surface area contributed by atoms with Gasteiger partial charge >= 0.3 is 0 Å². The van der Waals surface area contributed by atoms with E-state index in [4.69, 9.17) is 4.74 Å². The lowest BCUT2D eigenvalue weighted by atomic mass is 9.82. The van der Waals surface area contributed by atoms with E-state index in [0.717, 1.165) is 44.9 Å². The average Bonchev–Trinajstić information content (AvgIpc) is 3.19. The molecule has 2 aliphatic carbocycles. The normalized spacial score (nSPS) is 37.3. The molecule has 17 heavy (non-hydrogen) atoms. The van der Waals surface area contributed by atoms with Crippen molar-refractivity contribution in [2.75, 3.05) is 19.7 Å². The summed E-state index contributed by atoms with van der Waals surface area (Å²) >= 11 is 0. The lowest BCUT2D eigenvalue weighted by Crippen LogP contribution is -2.53. The van der Waals surface area contributed by atoms with Crippen molar-refractivity contribution >= 4 is 5.91 Å². The van der Waals surface area contributed by atoms with Crippen molar-refractivity contribution in [3.63, 3.8) is 0 Å². The second kappa shape index (κ2) is 4.94. The fourth-order valence-corrected chi connectivity index (χ4v) is 2.96. The number of fused-ring (bicyclic) bond motifs is 1. The standard InChI is InChI=1S/C13H22N2O2/c16-13(15-8-9-1-2-9)10-3-4-12-11(7-10)14-5-6-17-12/h9-12,14H,1-8H2,(H,15,16)/t10-,11+,12+/m0/s1. The number of carbonyl (C=O) groups is 1. The molecule has 4 nitrogen and oxygen atoms in total. The largest absolute Gasteiger partial charge is 0.375 e. The molecule has 0 aromatic carbocycles. The van der Waals surface area contributed by atoms with Crippen LogP contribution in [-0.2, 0) is 9.53 Å². The Hall–Kier alpha value is -0.610. The maximum Gasteiger partial charge on any atom is 0.223 e. The molecule has 3 fully saturated rings. The number of hydrogen-bond donors (Lipinski definition) is 2. The molecule has 4 heteroatoms. The van der Waals surface area contributed by atoms with Gasteiger partial charge in [0.15, 0.2) is 0 Å². The van der Waals surface area contributed by atoms with E-state index in [0.29, 0.717) is 12.1 Å². The van der Waals surface area contributed by atoms with E-state index < -0.39 is 0 Å². The van der Waals surface area contributed by atoms with Crippen molar-refractivity contribution in [1.29, 1.82) is 0 Å². The van der Waals surface area contributed by atoms with Crippen molar-refractivity contribution in [3.05, 3.63) is 0 Å². The van der Waals surface area contributed by atoms with Crippen LogP contribution < -0.4 is 10.6 Å². The Morgan fingerprint density at radius 1 is 1.29 bits per heavy atom. The molecule has 0 unspecified atom stereocenters. The number of nitrogens with one attached hydrogen (secondary N) is 2. The van der Waals surface area contributed by atoms with Gasteiger partial charge in [-0.3, -0.25) is 4.79 Å². The van der Waals surface area contributed by atoms with Crippen LogP contribution >= 0.6 is 0 Å². The Bertz CT molecular complexity index is 291. The quantitative estimate of drug-likeness (QED) is 0.760. The average molecular weight is 238 g/mol. The Balaban J connectivity index is 1.48. The highest BCUT2D eigenvalue weighted by Crippen LogP contribution is 2.30. The first-order valence-corrected chi connectivity index (χ1v) is 6.95. The van der Waals surface area contributed by atoms with Crippen molar-refractivity contribution in [2.45, 2.75) is 44.2 Å². The third-order valence-corrected chi connectivity index (χ3v) is 4.26. The van der Waals surface area contributed by atoms with Gasteiger partial charge in [0.2, 0.25) is 5.91 Å². The van der Waals surface area contributed by atoms with Crippen molar-refractivity contribution in [2.24, 2.45) is 11.8 Å². The molecule has 3 rings (SSSR count). The number of rotatable bonds is 3. The molecule has 1 heterocycles. The van der Waals surface area contributed by atoms with Gasteiger partial charge in [0.25, 0.3) is 0 Å². The van der Waals surface area contributed by atoms with E-state index in [1.54, 1.807) is 0 Å². The van der Waals surface area contributed by atoms with Gasteiger partial charge in [-0.1, -0.05) is 0 Å². The van der Waals surface area contributed by atoms with Crippen LogP contribution in [0.3, 0.4) is 0 Å². The maximum atomic E-state index is 12.0. The molecule has 2 N–H and O–H groups in total. The first kappa shape index (κ1) is 11.5. The van der Waals surface area contributed by atoms with E-state index in [-0.39, 0.29) is 11.8 Å². The summed E-state index contributed by atoms with van der Waals surface area (Å²) in [6.07, 6.45) is 5.90. The van der Waals surface area contributed by atoms with Crippen LogP contribution in [0.25, 0.3) is 0 Å². The Kier molecular flexibility index (Phi) is 3.34. The lowest BCUT2D eigenvalue weighted by molar-refractivity contribution is -0.128. The summed E-state index contributed by atoms with van der Waals surface area (Å²) in [5.41, 5.74) is 0. The van der Waals surface area contributed by atoms with Gasteiger partial charge in [0.05, 0.1) is 12.7 Å². The smallest absolute Gasteiger partial charge is 0.223 e. The molecule has 1 saturated heterocycles. The van der Waals surface area contributed by atoms with Gasteiger partial charge in [-0.2, -0.15) is 0 Å². The van der Waals surface area contributed by atoms with Crippen molar-refractivity contribution < 1.29 is 9.53 Å². The molecule has 0 aromatic rings. The highest BCUT2D eigenvalue weighted by Gasteiger charge is 2.36. The van der Waals surface area contributed by atoms with Gasteiger partial charge in [-0.15, -0.1) is 0 Å². The SMILES string of the molecule is O=C(NCC1CC1)[C@H]1CC[C@H]2OCCN[C@@H]2C1. The molecule has 96 valence electrons. The first-order chi connectivity index (χ1) is 8.33. The van der Waals surface area contributed by atoms with Crippen LogP contribution in [0.4, 0.5) is 0 Å². The molecule has 3 atom stereocenters. The number of carbonyl (C=O) groups excluding carboxylic acids is 1. The van der Waals surface area contributed by atoms with Crippen LogP contribution in [0.15, 0.2) is 0 Å². The van der Waals surface area contributed by atoms with E-state index in [2.05, 4.69) is 10.6 Å². The van der Waals surface area contributed by atoms with E-state index in [1.807, 2.05) is 0 Å². The monoisotopic (exact) mass is 238 g/mol. The second-order valence-electron chi connectivity index (χ2n) is 5.67. The topological polar surface area (TPSA) is 50.4 Å². The molecule has 1 amide bonds. The molecule has 0 radical (unpaired) electrons. The Morgan fingerprint density at radius 3 is 3.00 bits per heavy atom.